The lowest BCUT2D eigenvalue weighted by Crippen LogP contribution is -2.56. The normalized spacial score (nSPS) is 20.8. The quantitative estimate of drug-likeness (QED) is 0.0591. The summed E-state index contributed by atoms with van der Waals surface area (Å²) in [6.07, 6.45) is 4.88. The number of likely N-dealkylation sites (tertiary alicyclic amines) is 1. The first-order chi connectivity index (χ1) is 32.5. The van der Waals surface area contributed by atoms with Crippen molar-refractivity contribution in [3.63, 3.8) is 0 Å². The third-order valence-electron chi connectivity index (χ3n) is 13.8. The topological polar surface area (TPSA) is 176 Å². The maximum atomic E-state index is 14.3. The SMILES string of the molecule is C=C(N[C@@H](C)c1ccc(-c2scnc2C)cc1)[C@@H]1C[C@@H](O)CN1C(=O)[C@@H](NC(=O)CCCCCCNC[C@@H](C(=O)N1CCN(c2ncnc3c2[C@H](C)C[C@H]3O)CC1)c1ccc(Cl)cc1)C(C)(C)C. The number of fused-ring (bicyclic) bond motifs is 1. The molecular formula is C52H70ClN9O5S. The van der Waals surface area contributed by atoms with Crippen LogP contribution in [0, 0.1) is 12.3 Å². The summed E-state index contributed by atoms with van der Waals surface area (Å²) in [5.41, 5.74) is 7.78. The minimum Gasteiger partial charge on any atom is -0.391 e. The number of unbranched alkanes of at least 4 members (excludes halogenated alkanes) is 3. The highest BCUT2D eigenvalue weighted by Gasteiger charge is 2.43. The number of aliphatic hydroxyl groups excluding tert-OH is 2. The van der Waals surface area contributed by atoms with Crippen LogP contribution in [0.4, 0.5) is 5.82 Å². The van der Waals surface area contributed by atoms with Crippen LogP contribution >= 0.6 is 22.9 Å². The Labute approximate surface area is 411 Å². The Balaban J connectivity index is 0.847. The average Bonchev–Trinajstić information content (AvgIpc) is 4.02. The number of β-amino-alcohol motifs (C(OH)–C–C–N with tert-alkyl or cyclic N) is 1. The monoisotopic (exact) mass is 967 g/mol. The third kappa shape index (κ3) is 12.3. The fraction of sp³-hybridized carbons (Fsp3) is 0.538. The van der Waals surface area contributed by atoms with Gasteiger partial charge in [-0.25, -0.2) is 15.0 Å². The van der Waals surface area contributed by atoms with Gasteiger partial charge in [0.2, 0.25) is 17.7 Å². The van der Waals surface area contributed by atoms with Crippen LogP contribution in [0.3, 0.4) is 0 Å². The number of hydrogen-bond donors (Lipinski definition) is 5. The summed E-state index contributed by atoms with van der Waals surface area (Å²) in [5.74, 6) is 0.335. The van der Waals surface area contributed by atoms with Gasteiger partial charge in [-0.05, 0) is 79.8 Å². The molecule has 0 spiro atoms. The fourth-order valence-corrected chi connectivity index (χ4v) is 10.8. The van der Waals surface area contributed by atoms with Crippen molar-refractivity contribution in [2.24, 2.45) is 5.41 Å². The minimum atomic E-state index is -0.780. The predicted molar refractivity (Wildman–Crippen MR) is 269 cm³/mol. The molecule has 2 saturated heterocycles. The van der Waals surface area contributed by atoms with Crippen LogP contribution in [-0.2, 0) is 14.4 Å². The molecule has 14 nitrogen and oxygen atoms in total. The molecule has 0 saturated carbocycles. The smallest absolute Gasteiger partial charge is 0.246 e. The molecule has 3 amide bonds. The lowest BCUT2D eigenvalue weighted by molar-refractivity contribution is -0.140. The first-order valence-electron chi connectivity index (χ1n) is 24.3. The summed E-state index contributed by atoms with van der Waals surface area (Å²) in [4.78, 5) is 62.1. The highest BCUT2D eigenvalue weighted by atomic mass is 35.5. The van der Waals surface area contributed by atoms with Gasteiger partial charge in [-0.1, -0.05) is 95.1 Å². The second-order valence-electron chi connectivity index (χ2n) is 20.0. The van der Waals surface area contributed by atoms with Crippen LogP contribution in [-0.4, -0.2) is 117 Å². The van der Waals surface area contributed by atoms with Gasteiger partial charge >= 0.3 is 0 Å². The molecule has 7 atom stereocenters. The summed E-state index contributed by atoms with van der Waals surface area (Å²) in [6.45, 7) is 20.1. The van der Waals surface area contributed by atoms with E-state index in [1.54, 1.807) is 16.2 Å². The van der Waals surface area contributed by atoms with E-state index in [9.17, 15) is 24.6 Å². The molecule has 2 aromatic heterocycles. The Morgan fingerprint density at radius 2 is 1.59 bits per heavy atom. The first kappa shape index (κ1) is 50.9. The molecule has 4 aromatic rings. The van der Waals surface area contributed by atoms with Crippen molar-refractivity contribution in [2.45, 2.75) is 129 Å². The molecule has 16 heteroatoms. The largest absolute Gasteiger partial charge is 0.391 e. The molecule has 3 aliphatic rings. The van der Waals surface area contributed by atoms with Gasteiger partial charge in [-0.15, -0.1) is 11.3 Å². The summed E-state index contributed by atoms with van der Waals surface area (Å²) >= 11 is 7.86. The summed E-state index contributed by atoms with van der Waals surface area (Å²) in [7, 11) is 0. The van der Waals surface area contributed by atoms with E-state index in [4.69, 9.17) is 11.6 Å². The highest BCUT2D eigenvalue weighted by Crippen LogP contribution is 2.43. The van der Waals surface area contributed by atoms with Gasteiger partial charge in [0.05, 0.1) is 45.9 Å². The van der Waals surface area contributed by atoms with E-state index in [1.807, 2.05) is 62.4 Å². The first-order valence-corrected chi connectivity index (χ1v) is 25.5. The Bertz CT molecular complexity index is 2370. The second-order valence-corrected chi connectivity index (χ2v) is 21.3. The molecule has 0 bridgehead atoms. The number of benzene rings is 2. The molecule has 5 N–H and O–H groups in total. The van der Waals surface area contributed by atoms with Gasteiger partial charge in [0.15, 0.2) is 0 Å². The minimum absolute atomic E-state index is 0.0714. The molecule has 0 radical (unpaired) electrons. The molecule has 4 heterocycles. The van der Waals surface area contributed by atoms with Crippen LogP contribution in [0.25, 0.3) is 10.4 Å². The maximum absolute atomic E-state index is 14.3. The molecule has 1 aliphatic carbocycles. The van der Waals surface area contributed by atoms with E-state index >= 15 is 0 Å². The van der Waals surface area contributed by atoms with Crippen LogP contribution in [0.5, 0.6) is 0 Å². The fourth-order valence-electron chi connectivity index (χ4n) is 9.89. The van der Waals surface area contributed by atoms with Crippen molar-refractivity contribution in [1.82, 2.24) is 40.7 Å². The Morgan fingerprint density at radius 1 is 0.897 bits per heavy atom. The Morgan fingerprint density at radius 3 is 2.26 bits per heavy atom. The predicted octanol–water partition coefficient (Wildman–Crippen LogP) is 7.43. The lowest BCUT2D eigenvalue weighted by atomic mass is 9.85. The number of piperazine rings is 1. The number of nitrogens with one attached hydrogen (secondary N) is 3. The molecule has 7 rings (SSSR count). The van der Waals surface area contributed by atoms with Crippen molar-refractivity contribution in [3.05, 3.63) is 106 Å². The van der Waals surface area contributed by atoms with Gasteiger partial charge < -0.3 is 40.9 Å². The molecular weight excluding hydrogens is 898 g/mol. The number of rotatable bonds is 19. The van der Waals surface area contributed by atoms with E-state index in [0.29, 0.717) is 69.1 Å². The standard InChI is InChI=1S/C52H70ClN9O5S/c1-32-26-43(64)46-45(32)49(56-30-55-46)60-22-24-61(25-23-60)50(66)41(37-17-19-39(53)20-18-37)28-54-21-11-9-8-10-12-44(65)59-48(52(5,6)7)51(67)62-29-40(63)27-42(62)34(3)58-33(2)36-13-15-38(16-14-36)47-35(4)57-31-68-47/h13-20,30-33,40-43,48,54,58,63-64H,3,8-12,21-29H2,1-2,4-7H3,(H,59,65)/t32-,33+,40-,41-,42+,43-,48-/m1/s1. The second kappa shape index (κ2) is 22.7. The van der Waals surface area contributed by atoms with Crippen LogP contribution in [0.2, 0.25) is 5.02 Å². The molecule has 2 aliphatic heterocycles. The maximum Gasteiger partial charge on any atom is 0.246 e. The number of amides is 3. The average molecular weight is 969 g/mol. The van der Waals surface area contributed by atoms with Crippen molar-refractivity contribution in [3.8, 4) is 10.4 Å². The van der Waals surface area contributed by atoms with Gasteiger partial charge in [0.1, 0.15) is 18.2 Å². The Hall–Kier alpha value is -4.93. The summed E-state index contributed by atoms with van der Waals surface area (Å²) < 4.78 is 0. The van der Waals surface area contributed by atoms with Gasteiger partial charge in [-0.3, -0.25) is 14.4 Å². The zero-order valence-electron chi connectivity index (χ0n) is 40.5. The van der Waals surface area contributed by atoms with Crippen molar-refractivity contribution in [1.29, 1.82) is 0 Å². The van der Waals surface area contributed by atoms with E-state index in [-0.39, 0.29) is 42.1 Å². The van der Waals surface area contributed by atoms with Gasteiger partial charge in [0, 0.05) is 74.4 Å². The van der Waals surface area contributed by atoms with Gasteiger partial charge in [-0.2, -0.15) is 0 Å². The number of thiazole rings is 1. The number of anilines is 1. The third-order valence-corrected chi connectivity index (χ3v) is 15.0. The number of nitrogens with zero attached hydrogens (tertiary/aromatic N) is 6. The lowest BCUT2D eigenvalue weighted by Gasteiger charge is -2.38. The van der Waals surface area contributed by atoms with E-state index in [0.717, 1.165) is 70.1 Å². The number of hydrogen-bond acceptors (Lipinski definition) is 12. The van der Waals surface area contributed by atoms with Crippen molar-refractivity contribution in [2.75, 3.05) is 50.7 Å². The molecule has 366 valence electrons. The molecule has 0 unspecified atom stereocenters. The van der Waals surface area contributed by atoms with E-state index in [2.05, 4.69) is 80.5 Å². The number of halogens is 1. The Kier molecular flexibility index (Phi) is 17.0. The summed E-state index contributed by atoms with van der Waals surface area (Å²) in [6, 6.07) is 14.6. The highest BCUT2D eigenvalue weighted by molar-refractivity contribution is 7.13. The van der Waals surface area contributed by atoms with E-state index in [1.165, 1.54) is 6.33 Å². The number of carbonyl (C=O) groups is 3. The van der Waals surface area contributed by atoms with Crippen molar-refractivity contribution < 1.29 is 24.6 Å². The number of carbonyl (C=O) groups excluding carboxylic acids is 3. The molecule has 2 fully saturated rings. The number of aliphatic hydroxyl groups is 2. The molecule has 2 aromatic carbocycles. The summed E-state index contributed by atoms with van der Waals surface area (Å²) in [5, 5.41) is 32.0. The number of aromatic nitrogens is 3. The van der Waals surface area contributed by atoms with Crippen LogP contribution < -0.4 is 20.9 Å². The van der Waals surface area contributed by atoms with Crippen LogP contribution in [0.1, 0.15) is 132 Å². The van der Waals surface area contributed by atoms with Crippen molar-refractivity contribution >= 4 is 46.5 Å². The number of aryl methyl sites for hydroxylation is 1. The van der Waals surface area contributed by atoms with Crippen LogP contribution in [0.15, 0.2) is 72.6 Å². The molecule has 68 heavy (non-hydrogen) atoms. The zero-order valence-corrected chi connectivity index (χ0v) is 42.1. The van der Waals surface area contributed by atoms with Gasteiger partial charge in [0.25, 0.3) is 0 Å². The van der Waals surface area contributed by atoms with E-state index < -0.39 is 29.7 Å². The zero-order chi connectivity index (χ0) is 48.7.